The summed E-state index contributed by atoms with van der Waals surface area (Å²) in [7, 11) is 0. The topological polar surface area (TPSA) is 80.0 Å². The molecular weight excluding hydrogens is 384 g/mol. The van der Waals surface area contributed by atoms with Crippen LogP contribution in [-0.2, 0) is 6.42 Å². The molecule has 0 aliphatic carbocycles. The smallest absolute Gasteiger partial charge is 0.159 e. The molecule has 1 fully saturated rings. The van der Waals surface area contributed by atoms with Crippen LogP contribution in [0.4, 0.5) is 23.0 Å². The Morgan fingerprint density at radius 2 is 1.71 bits per heavy atom. The largest absolute Gasteiger partial charge is 0.393 e. The predicted molar refractivity (Wildman–Crippen MR) is 127 cm³/mol. The van der Waals surface area contributed by atoms with E-state index in [1.807, 2.05) is 30.3 Å². The third kappa shape index (κ3) is 4.14. The summed E-state index contributed by atoms with van der Waals surface area (Å²) in [4.78, 5) is 15.7. The Labute approximate surface area is 182 Å². The zero-order valence-electron chi connectivity index (χ0n) is 17.4. The van der Waals surface area contributed by atoms with E-state index in [1.54, 1.807) is 12.5 Å². The van der Waals surface area contributed by atoms with Crippen molar-refractivity contribution in [3.8, 4) is 0 Å². The number of hydrogen-bond acceptors (Lipinski definition) is 6. The summed E-state index contributed by atoms with van der Waals surface area (Å²) in [5, 5.41) is 4.44. The quantitative estimate of drug-likeness (QED) is 0.491. The van der Waals surface area contributed by atoms with Crippen LogP contribution in [0.3, 0.4) is 0 Å². The third-order valence-corrected chi connectivity index (χ3v) is 6.03. The van der Waals surface area contributed by atoms with Crippen LogP contribution in [0.1, 0.15) is 18.4 Å². The Balaban J connectivity index is 1.31. The van der Waals surface area contributed by atoms with Crippen molar-refractivity contribution in [2.45, 2.75) is 19.3 Å². The highest BCUT2D eigenvalue weighted by Gasteiger charge is 2.23. The first-order chi connectivity index (χ1) is 15.3. The minimum Gasteiger partial charge on any atom is -0.393 e. The van der Waals surface area contributed by atoms with Crippen LogP contribution in [0.15, 0.2) is 73.2 Å². The number of piperidine rings is 1. The van der Waals surface area contributed by atoms with Gasteiger partial charge in [0.2, 0.25) is 0 Å². The number of rotatable bonds is 5. The summed E-state index contributed by atoms with van der Waals surface area (Å²) < 4.78 is 0. The van der Waals surface area contributed by atoms with Crippen molar-refractivity contribution in [1.82, 2.24) is 15.0 Å². The average molecular weight is 411 g/mol. The Morgan fingerprint density at radius 3 is 2.55 bits per heavy atom. The SMILES string of the molecule is Nc1c(Nc2cccc3cccnc23)ncnc1N1CCC(Cc2ccccc2)CC1. The van der Waals surface area contributed by atoms with E-state index in [0.29, 0.717) is 17.4 Å². The monoisotopic (exact) mass is 410 g/mol. The molecule has 0 spiro atoms. The van der Waals surface area contributed by atoms with Gasteiger partial charge in [0.15, 0.2) is 11.6 Å². The molecule has 3 N–H and O–H groups in total. The fraction of sp³-hybridized carbons (Fsp3) is 0.240. The lowest BCUT2D eigenvalue weighted by molar-refractivity contribution is 0.402. The number of nitrogens with one attached hydrogen (secondary N) is 1. The first-order valence-corrected chi connectivity index (χ1v) is 10.8. The maximum absolute atomic E-state index is 6.51. The maximum Gasteiger partial charge on any atom is 0.159 e. The molecule has 0 bridgehead atoms. The first kappa shape index (κ1) is 19.3. The molecule has 0 unspecified atom stereocenters. The summed E-state index contributed by atoms with van der Waals surface area (Å²) in [6.07, 6.45) is 6.78. The molecule has 31 heavy (non-hydrogen) atoms. The van der Waals surface area contributed by atoms with Gasteiger partial charge >= 0.3 is 0 Å². The number of hydrogen-bond donors (Lipinski definition) is 2. The van der Waals surface area contributed by atoms with E-state index in [2.05, 4.69) is 55.5 Å². The zero-order chi connectivity index (χ0) is 21.0. The summed E-state index contributed by atoms with van der Waals surface area (Å²) in [6.45, 7) is 1.90. The Bertz CT molecular complexity index is 1160. The lowest BCUT2D eigenvalue weighted by Crippen LogP contribution is -2.35. The van der Waals surface area contributed by atoms with Gasteiger partial charge in [-0.2, -0.15) is 0 Å². The average Bonchev–Trinajstić information content (AvgIpc) is 2.82. The second-order valence-electron chi connectivity index (χ2n) is 8.09. The molecule has 0 atom stereocenters. The van der Waals surface area contributed by atoms with Crippen LogP contribution in [0.5, 0.6) is 0 Å². The number of nitrogen functional groups attached to an aromatic ring is 1. The molecule has 0 radical (unpaired) electrons. The van der Waals surface area contributed by atoms with Crippen molar-refractivity contribution in [1.29, 1.82) is 0 Å². The van der Waals surface area contributed by atoms with Crippen LogP contribution in [0.2, 0.25) is 0 Å². The fourth-order valence-electron chi connectivity index (χ4n) is 4.37. The molecule has 1 saturated heterocycles. The Kier molecular flexibility index (Phi) is 5.35. The molecular formula is C25H26N6. The van der Waals surface area contributed by atoms with Crippen molar-refractivity contribution in [3.05, 3.63) is 78.8 Å². The molecule has 2 aromatic carbocycles. The van der Waals surface area contributed by atoms with Gasteiger partial charge in [0.05, 0.1) is 11.2 Å². The fourth-order valence-corrected chi connectivity index (χ4v) is 4.37. The van der Waals surface area contributed by atoms with Gasteiger partial charge in [-0.25, -0.2) is 9.97 Å². The number of anilines is 4. The maximum atomic E-state index is 6.51. The first-order valence-electron chi connectivity index (χ1n) is 10.8. The molecule has 6 nitrogen and oxygen atoms in total. The van der Waals surface area contributed by atoms with Gasteiger partial charge in [-0.15, -0.1) is 0 Å². The number of benzene rings is 2. The molecule has 1 aliphatic heterocycles. The van der Waals surface area contributed by atoms with Crippen molar-refractivity contribution in [2.75, 3.05) is 29.0 Å². The van der Waals surface area contributed by atoms with Gasteiger partial charge in [-0.05, 0) is 42.9 Å². The molecule has 0 saturated carbocycles. The van der Waals surface area contributed by atoms with Gasteiger partial charge in [-0.1, -0.05) is 48.5 Å². The normalized spacial score (nSPS) is 14.6. The van der Waals surface area contributed by atoms with E-state index >= 15 is 0 Å². The number of aromatic nitrogens is 3. The molecule has 3 heterocycles. The van der Waals surface area contributed by atoms with Crippen molar-refractivity contribution < 1.29 is 0 Å². The molecule has 5 rings (SSSR count). The van der Waals surface area contributed by atoms with E-state index < -0.39 is 0 Å². The predicted octanol–water partition coefficient (Wildman–Crippen LogP) is 4.81. The number of nitrogens with zero attached hydrogens (tertiary/aromatic N) is 4. The standard InChI is InChI=1S/C25H26N6/c26-22-24(30-21-10-4-8-20-9-5-13-27-23(20)21)28-17-29-25(22)31-14-11-19(12-15-31)16-18-6-2-1-3-7-18/h1-10,13,17,19H,11-12,14-16,26H2,(H,28,29,30). The third-order valence-electron chi connectivity index (χ3n) is 6.03. The highest BCUT2D eigenvalue weighted by molar-refractivity contribution is 5.93. The van der Waals surface area contributed by atoms with Gasteiger partial charge < -0.3 is 16.0 Å². The second-order valence-corrected chi connectivity index (χ2v) is 8.09. The number of pyridine rings is 1. The second kappa shape index (κ2) is 8.60. The molecule has 1 aliphatic rings. The van der Waals surface area contributed by atoms with Gasteiger partial charge in [-0.3, -0.25) is 4.98 Å². The number of nitrogens with two attached hydrogens (primary N) is 1. The van der Waals surface area contributed by atoms with E-state index in [0.717, 1.165) is 54.8 Å². The van der Waals surface area contributed by atoms with Crippen LogP contribution in [0, 0.1) is 5.92 Å². The lowest BCUT2D eigenvalue weighted by atomic mass is 9.90. The summed E-state index contributed by atoms with van der Waals surface area (Å²) in [5.41, 5.74) is 10.3. The highest BCUT2D eigenvalue weighted by atomic mass is 15.2. The molecule has 156 valence electrons. The van der Waals surface area contributed by atoms with E-state index in [-0.39, 0.29) is 0 Å². The van der Waals surface area contributed by atoms with Crippen molar-refractivity contribution in [3.63, 3.8) is 0 Å². The summed E-state index contributed by atoms with van der Waals surface area (Å²) in [5.74, 6) is 2.12. The Morgan fingerprint density at radius 1 is 0.903 bits per heavy atom. The number of fused-ring (bicyclic) bond motifs is 1. The minimum atomic E-state index is 0.581. The van der Waals surface area contributed by atoms with E-state index in [4.69, 9.17) is 5.73 Å². The van der Waals surface area contributed by atoms with Crippen molar-refractivity contribution >= 4 is 33.9 Å². The zero-order valence-corrected chi connectivity index (χ0v) is 17.4. The highest BCUT2D eigenvalue weighted by Crippen LogP contribution is 2.33. The molecule has 0 amide bonds. The Hall–Kier alpha value is -3.67. The summed E-state index contributed by atoms with van der Waals surface area (Å²) >= 11 is 0. The van der Waals surface area contributed by atoms with E-state index in [9.17, 15) is 0 Å². The van der Waals surface area contributed by atoms with Gasteiger partial charge in [0.25, 0.3) is 0 Å². The molecule has 4 aromatic rings. The van der Waals surface area contributed by atoms with Gasteiger partial charge in [0.1, 0.15) is 12.0 Å². The molecule has 2 aromatic heterocycles. The number of para-hydroxylation sites is 1. The van der Waals surface area contributed by atoms with Crippen LogP contribution in [-0.4, -0.2) is 28.0 Å². The summed E-state index contributed by atoms with van der Waals surface area (Å²) in [6, 6.07) is 20.8. The molecule has 6 heteroatoms. The van der Waals surface area contributed by atoms with Crippen LogP contribution < -0.4 is 16.0 Å². The van der Waals surface area contributed by atoms with Crippen LogP contribution in [0.25, 0.3) is 10.9 Å². The lowest BCUT2D eigenvalue weighted by Gasteiger charge is -2.33. The van der Waals surface area contributed by atoms with Crippen LogP contribution >= 0.6 is 0 Å². The minimum absolute atomic E-state index is 0.581. The van der Waals surface area contributed by atoms with E-state index in [1.165, 1.54) is 5.56 Å². The van der Waals surface area contributed by atoms with Crippen molar-refractivity contribution in [2.24, 2.45) is 5.92 Å². The van der Waals surface area contributed by atoms with Gasteiger partial charge in [0, 0.05) is 24.7 Å².